The molecule has 0 fully saturated rings. The van der Waals surface area contributed by atoms with Crippen LogP contribution >= 0.6 is 0 Å². The van der Waals surface area contributed by atoms with Gasteiger partial charge < -0.3 is 15.8 Å². The average Bonchev–Trinajstić information content (AvgIpc) is 2.27. The highest BCUT2D eigenvalue weighted by Crippen LogP contribution is 2.17. The van der Waals surface area contributed by atoms with Gasteiger partial charge in [0.05, 0.1) is 6.61 Å². The topological polar surface area (TPSA) is 81.4 Å². The number of anilines is 1. The summed E-state index contributed by atoms with van der Waals surface area (Å²) in [7, 11) is 0. The number of nitrogens with one attached hydrogen (secondary N) is 1. The third-order valence-electron chi connectivity index (χ3n) is 2.03. The van der Waals surface area contributed by atoms with Gasteiger partial charge in [-0.05, 0) is 19.1 Å². The van der Waals surface area contributed by atoms with Crippen LogP contribution < -0.4 is 15.8 Å². The third kappa shape index (κ3) is 5.01. The Morgan fingerprint density at radius 2 is 2.12 bits per heavy atom. The molecule has 0 heterocycles. The van der Waals surface area contributed by atoms with Crippen LogP contribution in [-0.2, 0) is 9.59 Å². The Morgan fingerprint density at radius 1 is 1.35 bits per heavy atom. The summed E-state index contributed by atoms with van der Waals surface area (Å²) in [6.07, 6.45) is 0.144. The molecule has 0 aromatic heterocycles. The maximum atomic E-state index is 11.4. The Hall–Kier alpha value is -2.04. The average molecular weight is 236 g/mol. The highest BCUT2D eigenvalue weighted by atomic mass is 16.5. The normalized spacial score (nSPS) is 9.71. The fourth-order valence-electron chi connectivity index (χ4n) is 1.29. The van der Waals surface area contributed by atoms with E-state index < -0.39 is 5.91 Å². The monoisotopic (exact) mass is 236 g/mol. The number of nitrogens with two attached hydrogens (primary N) is 1. The van der Waals surface area contributed by atoms with Crippen molar-refractivity contribution >= 4 is 17.5 Å². The first-order valence-electron chi connectivity index (χ1n) is 5.43. The van der Waals surface area contributed by atoms with Gasteiger partial charge in [0, 0.05) is 24.6 Å². The molecule has 5 nitrogen and oxygen atoms in total. The zero-order valence-corrected chi connectivity index (χ0v) is 9.73. The van der Waals surface area contributed by atoms with Crippen LogP contribution in [0.2, 0.25) is 0 Å². The Bertz CT molecular complexity index is 404. The molecule has 2 amide bonds. The summed E-state index contributed by atoms with van der Waals surface area (Å²) in [6, 6.07) is 7.08. The Kier molecular flexibility index (Phi) is 5.00. The van der Waals surface area contributed by atoms with Crippen molar-refractivity contribution < 1.29 is 14.3 Å². The van der Waals surface area contributed by atoms with E-state index in [9.17, 15) is 9.59 Å². The lowest BCUT2D eigenvalue weighted by Crippen LogP contribution is -2.17. The van der Waals surface area contributed by atoms with Gasteiger partial charge in [-0.15, -0.1) is 0 Å². The lowest BCUT2D eigenvalue weighted by atomic mass is 10.2. The van der Waals surface area contributed by atoms with Crippen LogP contribution in [0.15, 0.2) is 24.3 Å². The standard InChI is InChI=1S/C12H16N2O3/c1-2-17-10-5-3-4-9(8-10)14-12(16)7-6-11(13)15/h3-5,8H,2,6-7H2,1H3,(H2,13,15)(H,14,16). The van der Waals surface area contributed by atoms with Crippen LogP contribution in [-0.4, -0.2) is 18.4 Å². The molecule has 1 rings (SSSR count). The maximum Gasteiger partial charge on any atom is 0.224 e. The minimum Gasteiger partial charge on any atom is -0.494 e. The minimum atomic E-state index is -0.483. The summed E-state index contributed by atoms with van der Waals surface area (Å²) >= 11 is 0. The zero-order valence-electron chi connectivity index (χ0n) is 9.73. The fraction of sp³-hybridized carbons (Fsp3) is 0.333. The van der Waals surface area contributed by atoms with Crippen LogP contribution in [0.25, 0.3) is 0 Å². The molecule has 1 aromatic carbocycles. The molecule has 0 aliphatic carbocycles. The molecule has 0 saturated carbocycles. The summed E-state index contributed by atoms with van der Waals surface area (Å²) in [5.74, 6) is -0.0270. The number of rotatable bonds is 6. The molecule has 0 saturated heterocycles. The molecule has 0 aliphatic rings. The molecule has 92 valence electrons. The van der Waals surface area contributed by atoms with Crippen LogP contribution in [0.4, 0.5) is 5.69 Å². The molecule has 0 radical (unpaired) electrons. The van der Waals surface area contributed by atoms with E-state index in [2.05, 4.69) is 5.32 Å². The number of hydrogen-bond acceptors (Lipinski definition) is 3. The number of ether oxygens (including phenoxy) is 1. The van der Waals surface area contributed by atoms with Crippen LogP contribution in [0.5, 0.6) is 5.75 Å². The Balaban J connectivity index is 2.52. The quantitative estimate of drug-likeness (QED) is 0.780. The largest absolute Gasteiger partial charge is 0.494 e. The molecule has 5 heteroatoms. The lowest BCUT2D eigenvalue weighted by Gasteiger charge is -2.07. The van der Waals surface area contributed by atoms with Gasteiger partial charge >= 0.3 is 0 Å². The van der Waals surface area contributed by atoms with Crippen molar-refractivity contribution in [1.29, 1.82) is 0 Å². The Labute approximate surface area is 99.9 Å². The van der Waals surface area contributed by atoms with Gasteiger partial charge in [0.25, 0.3) is 0 Å². The summed E-state index contributed by atoms with van der Waals surface area (Å²) in [6.45, 7) is 2.46. The number of carbonyl (C=O) groups is 2. The highest BCUT2D eigenvalue weighted by molar-refractivity contribution is 5.93. The molecule has 0 atom stereocenters. The predicted molar refractivity (Wildman–Crippen MR) is 64.7 cm³/mol. The van der Waals surface area contributed by atoms with E-state index in [0.29, 0.717) is 18.0 Å². The molecule has 1 aromatic rings. The van der Waals surface area contributed by atoms with E-state index in [0.717, 1.165) is 0 Å². The highest BCUT2D eigenvalue weighted by Gasteiger charge is 2.05. The molecular formula is C12H16N2O3. The first-order chi connectivity index (χ1) is 8.11. The first kappa shape index (κ1) is 13.0. The molecular weight excluding hydrogens is 220 g/mol. The third-order valence-corrected chi connectivity index (χ3v) is 2.03. The van der Waals surface area contributed by atoms with Crippen LogP contribution in [0, 0.1) is 0 Å². The summed E-state index contributed by atoms with van der Waals surface area (Å²) in [4.78, 5) is 21.9. The summed E-state index contributed by atoms with van der Waals surface area (Å²) < 4.78 is 5.30. The van der Waals surface area contributed by atoms with Gasteiger partial charge in [-0.25, -0.2) is 0 Å². The van der Waals surface area contributed by atoms with Crippen molar-refractivity contribution in [1.82, 2.24) is 0 Å². The second kappa shape index (κ2) is 6.52. The van der Waals surface area contributed by atoms with Gasteiger partial charge in [0.1, 0.15) is 5.75 Å². The van der Waals surface area contributed by atoms with Gasteiger partial charge in [0.15, 0.2) is 0 Å². The van der Waals surface area contributed by atoms with E-state index in [1.165, 1.54) is 0 Å². The predicted octanol–water partition coefficient (Wildman–Crippen LogP) is 1.29. The van der Waals surface area contributed by atoms with E-state index in [4.69, 9.17) is 10.5 Å². The lowest BCUT2D eigenvalue weighted by molar-refractivity contribution is -0.122. The van der Waals surface area contributed by atoms with Gasteiger partial charge in [-0.2, -0.15) is 0 Å². The minimum absolute atomic E-state index is 0.0526. The molecule has 17 heavy (non-hydrogen) atoms. The van der Waals surface area contributed by atoms with Gasteiger partial charge in [0.2, 0.25) is 11.8 Å². The van der Waals surface area contributed by atoms with Gasteiger partial charge in [-0.1, -0.05) is 6.07 Å². The smallest absolute Gasteiger partial charge is 0.224 e. The van der Waals surface area contributed by atoms with Crippen molar-refractivity contribution in [3.05, 3.63) is 24.3 Å². The first-order valence-corrected chi connectivity index (χ1v) is 5.43. The van der Waals surface area contributed by atoms with Crippen molar-refractivity contribution in [2.45, 2.75) is 19.8 Å². The van der Waals surface area contributed by atoms with E-state index in [1.54, 1.807) is 18.2 Å². The van der Waals surface area contributed by atoms with Crippen molar-refractivity contribution in [3.63, 3.8) is 0 Å². The number of benzene rings is 1. The Morgan fingerprint density at radius 3 is 2.76 bits per heavy atom. The molecule has 0 spiro atoms. The van der Waals surface area contributed by atoms with Crippen molar-refractivity contribution in [2.75, 3.05) is 11.9 Å². The number of amides is 2. The molecule has 0 unspecified atom stereocenters. The number of carbonyl (C=O) groups excluding carboxylic acids is 2. The second-order valence-corrected chi connectivity index (χ2v) is 3.48. The van der Waals surface area contributed by atoms with Crippen molar-refractivity contribution in [3.8, 4) is 5.75 Å². The zero-order chi connectivity index (χ0) is 12.7. The molecule has 3 N–H and O–H groups in total. The summed E-state index contributed by atoms with van der Waals surface area (Å²) in [5.41, 5.74) is 5.60. The van der Waals surface area contributed by atoms with E-state index >= 15 is 0 Å². The van der Waals surface area contributed by atoms with Gasteiger partial charge in [-0.3, -0.25) is 9.59 Å². The number of primary amides is 1. The van der Waals surface area contributed by atoms with Crippen LogP contribution in [0.1, 0.15) is 19.8 Å². The van der Waals surface area contributed by atoms with Crippen LogP contribution in [0.3, 0.4) is 0 Å². The molecule has 0 bridgehead atoms. The SMILES string of the molecule is CCOc1cccc(NC(=O)CCC(N)=O)c1. The second-order valence-electron chi connectivity index (χ2n) is 3.48. The molecule has 0 aliphatic heterocycles. The maximum absolute atomic E-state index is 11.4. The number of hydrogen-bond donors (Lipinski definition) is 2. The summed E-state index contributed by atoms with van der Waals surface area (Å²) in [5, 5.41) is 2.67. The van der Waals surface area contributed by atoms with E-state index in [-0.39, 0.29) is 18.7 Å². The fourth-order valence-corrected chi connectivity index (χ4v) is 1.29. The van der Waals surface area contributed by atoms with Crippen molar-refractivity contribution in [2.24, 2.45) is 5.73 Å². The van der Waals surface area contributed by atoms with E-state index in [1.807, 2.05) is 13.0 Å².